The average molecular weight is 381 g/mol. The second kappa shape index (κ2) is 9.35. The lowest BCUT2D eigenvalue weighted by molar-refractivity contribution is 0.570. The van der Waals surface area contributed by atoms with Crippen molar-refractivity contribution in [3.05, 3.63) is 17.6 Å². The number of aromatic nitrogens is 3. The summed E-state index contributed by atoms with van der Waals surface area (Å²) in [5, 5.41) is 0. The highest BCUT2D eigenvalue weighted by atomic mass is 32.2. The smallest absolute Gasteiger partial charge is 0.151 e. The summed E-state index contributed by atoms with van der Waals surface area (Å²) in [6, 6.07) is 0. The summed E-state index contributed by atoms with van der Waals surface area (Å²) in [4.78, 5) is 8.93. The molecule has 2 aromatic heterocycles. The number of sulfone groups is 1. The number of aryl methyl sites for hydroxylation is 3. The van der Waals surface area contributed by atoms with Crippen molar-refractivity contribution >= 4 is 26.7 Å². The van der Waals surface area contributed by atoms with E-state index in [0.717, 1.165) is 73.9 Å². The van der Waals surface area contributed by atoms with Gasteiger partial charge in [-0.05, 0) is 38.2 Å². The molecule has 0 aliphatic carbocycles. The molecule has 2 aromatic rings. The Morgan fingerprint density at radius 1 is 1.08 bits per heavy atom. The highest BCUT2D eigenvalue weighted by Crippen LogP contribution is 2.25. The molecule has 2 heterocycles. The van der Waals surface area contributed by atoms with Crippen molar-refractivity contribution in [3.63, 3.8) is 0 Å². The average Bonchev–Trinajstić information content (AvgIpc) is 2.96. The van der Waals surface area contributed by atoms with Gasteiger partial charge in [0, 0.05) is 19.2 Å². The van der Waals surface area contributed by atoms with Gasteiger partial charge in [0.05, 0.1) is 17.0 Å². The van der Waals surface area contributed by atoms with Crippen LogP contribution in [0.3, 0.4) is 0 Å². The van der Waals surface area contributed by atoms with Gasteiger partial charge >= 0.3 is 0 Å². The maximum absolute atomic E-state index is 11.9. The highest BCUT2D eigenvalue weighted by molar-refractivity contribution is 7.91. The Morgan fingerprint density at radius 2 is 1.81 bits per heavy atom. The Morgan fingerprint density at radius 3 is 2.50 bits per heavy atom. The molecule has 0 aliphatic heterocycles. The van der Waals surface area contributed by atoms with Gasteiger partial charge in [0.25, 0.3) is 0 Å². The van der Waals surface area contributed by atoms with Gasteiger partial charge in [0.1, 0.15) is 21.2 Å². The number of imidazole rings is 1. The number of nitrogen functional groups attached to an aromatic ring is 1. The van der Waals surface area contributed by atoms with Crippen LogP contribution in [0.1, 0.15) is 63.8 Å². The summed E-state index contributed by atoms with van der Waals surface area (Å²) in [6.45, 7) is 7.02. The quantitative estimate of drug-likeness (QED) is 0.601. The normalized spacial score (nSPS) is 12.1. The maximum atomic E-state index is 11.9. The van der Waals surface area contributed by atoms with E-state index in [-0.39, 0.29) is 0 Å². The van der Waals surface area contributed by atoms with Crippen molar-refractivity contribution in [2.24, 2.45) is 0 Å². The first kappa shape index (κ1) is 20.7. The first-order chi connectivity index (χ1) is 12.4. The summed E-state index contributed by atoms with van der Waals surface area (Å²) in [5.41, 5.74) is 8.94. The Bertz CT molecular complexity index is 828. The van der Waals surface area contributed by atoms with E-state index in [1.54, 1.807) is 6.20 Å². The van der Waals surface area contributed by atoms with Crippen molar-refractivity contribution in [2.45, 2.75) is 72.3 Å². The zero-order valence-electron chi connectivity index (χ0n) is 16.3. The van der Waals surface area contributed by atoms with Crippen molar-refractivity contribution in [2.75, 3.05) is 17.2 Å². The van der Waals surface area contributed by atoms with E-state index in [1.165, 1.54) is 0 Å². The predicted molar refractivity (Wildman–Crippen MR) is 108 cm³/mol. The van der Waals surface area contributed by atoms with Crippen molar-refractivity contribution < 1.29 is 8.42 Å². The van der Waals surface area contributed by atoms with Crippen LogP contribution in [0.4, 0.5) is 5.82 Å². The molecule has 0 saturated heterocycles. The second-order valence-corrected chi connectivity index (χ2v) is 9.32. The number of fused-ring (bicyclic) bond motifs is 1. The minimum Gasteiger partial charge on any atom is -0.382 e. The molecule has 2 N–H and O–H groups in total. The highest BCUT2D eigenvalue weighted by Gasteiger charge is 2.15. The van der Waals surface area contributed by atoms with E-state index in [2.05, 4.69) is 16.5 Å². The number of hydrogen-bond donors (Lipinski definition) is 1. The minimum absolute atomic E-state index is 0.301. The molecule has 146 valence electrons. The molecule has 0 spiro atoms. The molecule has 0 fully saturated rings. The van der Waals surface area contributed by atoms with Crippen LogP contribution in [0, 0.1) is 6.92 Å². The van der Waals surface area contributed by atoms with Gasteiger partial charge in [-0.15, -0.1) is 0 Å². The van der Waals surface area contributed by atoms with E-state index < -0.39 is 9.84 Å². The van der Waals surface area contributed by atoms with Crippen LogP contribution in [0.25, 0.3) is 11.0 Å². The van der Waals surface area contributed by atoms with Crippen LogP contribution in [-0.4, -0.2) is 34.5 Å². The molecule has 0 unspecified atom stereocenters. The lowest BCUT2D eigenvalue weighted by atomic mass is 10.2. The van der Waals surface area contributed by atoms with Crippen LogP contribution in [0.5, 0.6) is 0 Å². The van der Waals surface area contributed by atoms with Crippen LogP contribution in [-0.2, 0) is 22.8 Å². The van der Waals surface area contributed by atoms with Gasteiger partial charge in [0.15, 0.2) is 5.82 Å². The van der Waals surface area contributed by atoms with Crippen molar-refractivity contribution in [1.82, 2.24) is 14.5 Å². The Balaban J connectivity index is 2.02. The summed E-state index contributed by atoms with van der Waals surface area (Å²) >= 11 is 0. The largest absolute Gasteiger partial charge is 0.382 e. The van der Waals surface area contributed by atoms with Crippen LogP contribution in [0.2, 0.25) is 0 Å². The summed E-state index contributed by atoms with van der Waals surface area (Å²) in [7, 11) is -2.89. The molecule has 7 heteroatoms. The van der Waals surface area contributed by atoms with Gasteiger partial charge in [0.2, 0.25) is 0 Å². The molecule has 26 heavy (non-hydrogen) atoms. The van der Waals surface area contributed by atoms with E-state index in [9.17, 15) is 8.42 Å². The third kappa shape index (κ3) is 5.19. The number of anilines is 1. The zero-order chi connectivity index (χ0) is 19.2. The van der Waals surface area contributed by atoms with E-state index in [4.69, 9.17) is 10.7 Å². The lowest BCUT2D eigenvalue weighted by Gasteiger charge is -2.10. The van der Waals surface area contributed by atoms with Gasteiger partial charge in [-0.25, -0.2) is 18.4 Å². The van der Waals surface area contributed by atoms with Crippen LogP contribution < -0.4 is 5.73 Å². The fourth-order valence-electron chi connectivity index (χ4n) is 3.26. The van der Waals surface area contributed by atoms with Gasteiger partial charge in [-0.1, -0.05) is 26.7 Å². The number of pyridine rings is 1. The lowest BCUT2D eigenvalue weighted by Crippen LogP contribution is -2.11. The van der Waals surface area contributed by atoms with Gasteiger partial charge in [-0.2, -0.15) is 0 Å². The standard InChI is InChI=1S/C19H32N4O2S/c1-4-6-12-26(24,25)13-9-7-8-11-23-16(10-5-2)22-17-18(23)15(3)14-21-19(17)20/h14H,4-13H2,1-3H3,(H2,20,21). The van der Waals surface area contributed by atoms with Crippen molar-refractivity contribution in [3.8, 4) is 0 Å². The zero-order valence-corrected chi connectivity index (χ0v) is 17.1. The first-order valence-corrected chi connectivity index (χ1v) is 11.5. The summed E-state index contributed by atoms with van der Waals surface area (Å²) < 4.78 is 26.1. The third-order valence-corrected chi connectivity index (χ3v) is 6.50. The first-order valence-electron chi connectivity index (χ1n) is 9.70. The molecule has 6 nitrogen and oxygen atoms in total. The number of unbranched alkanes of at least 4 members (excludes halogenated alkanes) is 3. The molecule has 0 saturated carbocycles. The Hall–Kier alpha value is -1.63. The number of nitrogens with zero attached hydrogens (tertiary/aromatic N) is 3. The van der Waals surface area contributed by atoms with Crippen LogP contribution in [0.15, 0.2) is 6.20 Å². The molecule has 2 rings (SSSR count). The minimum atomic E-state index is -2.89. The van der Waals surface area contributed by atoms with E-state index in [0.29, 0.717) is 17.3 Å². The van der Waals surface area contributed by atoms with E-state index >= 15 is 0 Å². The Kier molecular flexibility index (Phi) is 7.43. The number of hydrogen-bond acceptors (Lipinski definition) is 5. The molecule has 0 aliphatic rings. The molecule has 0 atom stereocenters. The molecule has 0 bridgehead atoms. The van der Waals surface area contributed by atoms with Crippen molar-refractivity contribution in [1.29, 1.82) is 0 Å². The topological polar surface area (TPSA) is 90.9 Å². The summed E-state index contributed by atoms with van der Waals surface area (Å²) in [5.74, 6) is 2.14. The second-order valence-electron chi connectivity index (χ2n) is 7.02. The monoisotopic (exact) mass is 380 g/mol. The fourth-order valence-corrected chi connectivity index (χ4v) is 4.83. The third-order valence-electron chi connectivity index (χ3n) is 4.68. The molecule has 0 radical (unpaired) electrons. The molecule has 0 aromatic carbocycles. The number of nitrogens with two attached hydrogens (primary N) is 1. The van der Waals surface area contributed by atoms with Gasteiger partial charge in [-0.3, -0.25) is 0 Å². The predicted octanol–water partition coefficient (Wildman–Crippen LogP) is 3.66. The fraction of sp³-hybridized carbons (Fsp3) is 0.684. The van der Waals surface area contributed by atoms with Crippen LogP contribution >= 0.6 is 0 Å². The Labute approximate surface area is 157 Å². The molecular formula is C19H32N4O2S. The number of rotatable bonds is 11. The molecular weight excluding hydrogens is 348 g/mol. The summed E-state index contributed by atoms with van der Waals surface area (Å²) in [6.07, 6.45) is 7.97. The van der Waals surface area contributed by atoms with E-state index in [1.807, 2.05) is 13.8 Å². The maximum Gasteiger partial charge on any atom is 0.151 e. The SMILES string of the molecule is CCCCS(=O)(=O)CCCCCn1c(CCC)nc2c(N)ncc(C)c21. The van der Waals surface area contributed by atoms with Gasteiger partial charge < -0.3 is 10.3 Å². The molecule has 0 amide bonds.